The van der Waals surface area contributed by atoms with E-state index >= 15 is 0 Å². The molecule has 6 heteroatoms. The van der Waals surface area contributed by atoms with Crippen LogP contribution in [0.2, 0.25) is 0 Å². The molecule has 100 valence electrons. The van der Waals surface area contributed by atoms with Gasteiger partial charge < -0.3 is 14.8 Å². The molecule has 0 aliphatic carbocycles. The van der Waals surface area contributed by atoms with Crippen molar-refractivity contribution in [3.8, 4) is 5.75 Å². The third kappa shape index (κ3) is 3.73. The predicted octanol–water partition coefficient (Wildman–Crippen LogP) is 2.00. The minimum atomic E-state index is -0.244. The fourth-order valence-corrected chi connectivity index (χ4v) is 2.35. The van der Waals surface area contributed by atoms with Crippen molar-refractivity contribution in [3.63, 3.8) is 0 Å². The number of hydrogen-bond donors (Lipinski definition) is 1. The number of carbonyl (C=O) groups excluding carboxylic acids is 1. The SMILES string of the molecule is COC(=O)C1CC(Oc2ccccc2I)CN1.Cl. The van der Waals surface area contributed by atoms with Gasteiger partial charge in [-0.05, 0) is 34.7 Å². The van der Waals surface area contributed by atoms with E-state index in [-0.39, 0.29) is 30.5 Å². The molecule has 2 atom stereocenters. The van der Waals surface area contributed by atoms with Gasteiger partial charge in [0.15, 0.2) is 0 Å². The smallest absolute Gasteiger partial charge is 0.323 e. The fourth-order valence-electron chi connectivity index (χ4n) is 1.83. The largest absolute Gasteiger partial charge is 0.488 e. The first-order valence-electron chi connectivity index (χ1n) is 5.43. The van der Waals surface area contributed by atoms with Gasteiger partial charge in [0.05, 0.1) is 10.7 Å². The molecule has 1 fully saturated rings. The molecule has 0 aromatic heterocycles. The number of hydrogen-bond acceptors (Lipinski definition) is 4. The Morgan fingerprint density at radius 2 is 2.17 bits per heavy atom. The third-order valence-corrected chi connectivity index (χ3v) is 3.60. The average molecular weight is 384 g/mol. The van der Waals surface area contributed by atoms with E-state index in [9.17, 15) is 4.79 Å². The van der Waals surface area contributed by atoms with Crippen molar-refractivity contribution in [1.29, 1.82) is 0 Å². The minimum absolute atomic E-state index is 0. The Morgan fingerprint density at radius 3 is 2.83 bits per heavy atom. The summed E-state index contributed by atoms with van der Waals surface area (Å²) in [6, 6.07) is 7.60. The zero-order valence-electron chi connectivity index (χ0n) is 9.89. The summed E-state index contributed by atoms with van der Waals surface area (Å²) in [5.41, 5.74) is 0. The summed E-state index contributed by atoms with van der Waals surface area (Å²) in [6.45, 7) is 0.671. The predicted molar refractivity (Wildman–Crippen MR) is 79.2 cm³/mol. The number of carbonyl (C=O) groups is 1. The lowest BCUT2D eigenvalue weighted by Gasteiger charge is -2.13. The molecule has 18 heavy (non-hydrogen) atoms. The van der Waals surface area contributed by atoms with Crippen molar-refractivity contribution in [3.05, 3.63) is 27.8 Å². The van der Waals surface area contributed by atoms with Crippen molar-refractivity contribution in [2.75, 3.05) is 13.7 Å². The fraction of sp³-hybridized carbons (Fsp3) is 0.417. The highest BCUT2D eigenvalue weighted by Gasteiger charge is 2.31. The monoisotopic (exact) mass is 383 g/mol. The summed E-state index contributed by atoms with van der Waals surface area (Å²) in [7, 11) is 1.40. The first kappa shape index (κ1) is 15.5. The van der Waals surface area contributed by atoms with E-state index in [1.54, 1.807) is 0 Å². The van der Waals surface area contributed by atoms with Crippen LogP contribution in [0.1, 0.15) is 6.42 Å². The molecule has 1 aliphatic rings. The van der Waals surface area contributed by atoms with Crippen LogP contribution in [0.4, 0.5) is 0 Å². The second-order valence-corrected chi connectivity index (χ2v) is 5.05. The van der Waals surface area contributed by atoms with Crippen molar-refractivity contribution in [1.82, 2.24) is 5.32 Å². The van der Waals surface area contributed by atoms with Crippen molar-refractivity contribution < 1.29 is 14.3 Å². The number of methoxy groups -OCH3 is 1. The molecule has 1 aliphatic heterocycles. The topological polar surface area (TPSA) is 47.6 Å². The molecule has 0 radical (unpaired) electrons. The van der Waals surface area contributed by atoms with Crippen LogP contribution in [0.25, 0.3) is 0 Å². The number of ether oxygens (including phenoxy) is 2. The van der Waals surface area contributed by atoms with Crippen LogP contribution >= 0.6 is 35.0 Å². The van der Waals surface area contributed by atoms with Gasteiger partial charge >= 0.3 is 5.97 Å². The van der Waals surface area contributed by atoms with E-state index in [0.29, 0.717) is 13.0 Å². The van der Waals surface area contributed by atoms with Gasteiger partial charge in [-0.25, -0.2) is 0 Å². The van der Waals surface area contributed by atoms with E-state index < -0.39 is 0 Å². The highest BCUT2D eigenvalue weighted by Crippen LogP contribution is 2.23. The van der Waals surface area contributed by atoms with Gasteiger partial charge in [-0.1, -0.05) is 12.1 Å². The summed E-state index contributed by atoms with van der Waals surface area (Å²) in [6.07, 6.45) is 0.674. The zero-order valence-corrected chi connectivity index (χ0v) is 12.9. The van der Waals surface area contributed by atoms with Gasteiger partial charge in [-0.2, -0.15) is 0 Å². The molecule has 0 bridgehead atoms. The molecule has 0 saturated carbocycles. The molecular weight excluding hydrogens is 368 g/mol. The maximum atomic E-state index is 11.3. The second-order valence-electron chi connectivity index (χ2n) is 3.89. The Morgan fingerprint density at radius 1 is 1.44 bits per heavy atom. The molecular formula is C12H15ClINO3. The Hall–Kier alpha value is -0.530. The molecule has 0 spiro atoms. The van der Waals surface area contributed by atoms with Crippen LogP contribution in [0.3, 0.4) is 0 Å². The third-order valence-electron chi connectivity index (χ3n) is 2.71. The molecule has 1 aromatic carbocycles. The Labute approximate surface area is 126 Å². The lowest BCUT2D eigenvalue weighted by atomic mass is 10.2. The minimum Gasteiger partial charge on any atom is -0.488 e. The van der Waals surface area contributed by atoms with Crippen molar-refractivity contribution in [2.45, 2.75) is 18.6 Å². The van der Waals surface area contributed by atoms with Crippen LogP contribution in [-0.4, -0.2) is 31.8 Å². The summed E-state index contributed by atoms with van der Waals surface area (Å²) < 4.78 is 11.6. The summed E-state index contributed by atoms with van der Waals surface area (Å²) in [5.74, 6) is 0.643. The molecule has 1 N–H and O–H groups in total. The van der Waals surface area contributed by atoms with Gasteiger partial charge in [-0.3, -0.25) is 4.79 Å². The van der Waals surface area contributed by atoms with Crippen LogP contribution in [0.5, 0.6) is 5.75 Å². The maximum Gasteiger partial charge on any atom is 0.323 e. The highest BCUT2D eigenvalue weighted by molar-refractivity contribution is 14.1. The first-order chi connectivity index (χ1) is 8.20. The lowest BCUT2D eigenvalue weighted by molar-refractivity contribution is -0.142. The summed E-state index contributed by atoms with van der Waals surface area (Å²) >= 11 is 2.24. The number of rotatable bonds is 3. The average Bonchev–Trinajstić information content (AvgIpc) is 2.80. The highest BCUT2D eigenvalue weighted by atomic mass is 127. The van der Waals surface area contributed by atoms with E-state index in [0.717, 1.165) is 9.32 Å². The number of esters is 1. The molecule has 1 heterocycles. The lowest BCUT2D eigenvalue weighted by Crippen LogP contribution is -2.31. The zero-order chi connectivity index (χ0) is 12.3. The van der Waals surface area contributed by atoms with Gasteiger partial charge in [0.2, 0.25) is 0 Å². The molecule has 2 rings (SSSR count). The van der Waals surface area contributed by atoms with Crippen molar-refractivity contribution in [2.24, 2.45) is 0 Å². The molecule has 0 amide bonds. The summed E-state index contributed by atoms with van der Waals surface area (Å²) in [4.78, 5) is 11.3. The number of nitrogens with one attached hydrogen (secondary N) is 1. The molecule has 4 nitrogen and oxygen atoms in total. The Bertz CT molecular complexity index is 416. The van der Waals surface area contributed by atoms with E-state index in [2.05, 4.69) is 27.9 Å². The van der Waals surface area contributed by atoms with Crippen molar-refractivity contribution >= 4 is 41.0 Å². The van der Waals surface area contributed by atoms with E-state index in [1.165, 1.54) is 7.11 Å². The summed E-state index contributed by atoms with van der Waals surface area (Å²) in [5, 5.41) is 3.10. The molecule has 2 unspecified atom stereocenters. The van der Waals surface area contributed by atoms with Crippen LogP contribution in [0, 0.1) is 3.57 Å². The Balaban J connectivity index is 0.00000162. The van der Waals surface area contributed by atoms with Gasteiger partial charge in [0.1, 0.15) is 17.9 Å². The number of para-hydroxylation sites is 1. The van der Waals surface area contributed by atoms with Crippen LogP contribution in [-0.2, 0) is 9.53 Å². The maximum absolute atomic E-state index is 11.3. The Kier molecular flexibility index (Phi) is 6.17. The van der Waals surface area contributed by atoms with E-state index in [1.807, 2.05) is 24.3 Å². The molecule has 1 aromatic rings. The number of halogens is 2. The van der Waals surface area contributed by atoms with Crippen LogP contribution in [0.15, 0.2) is 24.3 Å². The van der Waals surface area contributed by atoms with Gasteiger partial charge in [0, 0.05) is 13.0 Å². The van der Waals surface area contributed by atoms with Gasteiger partial charge in [0.25, 0.3) is 0 Å². The van der Waals surface area contributed by atoms with E-state index in [4.69, 9.17) is 9.47 Å². The standard InChI is InChI=1S/C12H14INO3.ClH/c1-16-12(15)10-6-8(7-14-10)17-11-5-3-2-4-9(11)13;/h2-5,8,10,14H,6-7H2,1H3;1H. The quantitative estimate of drug-likeness (QED) is 0.641. The molecule has 1 saturated heterocycles. The number of benzene rings is 1. The second kappa shape index (κ2) is 7.16. The van der Waals surface area contributed by atoms with Gasteiger partial charge in [-0.15, -0.1) is 12.4 Å². The normalized spacial score (nSPS) is 22.1. The first-order valence-corrected chi connectivity index (χ1v) is 6.51. The van der Waals surface area contributed by atoms with Crippen LogP contribution < -0.4 is 10.1 Å².